The molecule has 1 N–H and O–H groups in total. The lowest BCUT2D eigenvalue weighted by Gasteiger charge is -2.27. The summed E-state index contributed by atoms with van der Waals surface area (Å²) in [6.45, 7) is 8.38. The molecule has 0 saturated carbocycles. The van der Waals surface area contributed by atoms with Gasteiger partial charge in [0.05, 0.1) is 7.11 Å². The van der Waals surface area contributed by atoms with Crippen LogP contribution in [-0.2, 0) is 6.54 Å². The standard InChI is InChI=1S/C17H25NO2/c1-17(2,3)13-18(4)12-15-11-14(7-6-10-19)8-9-16(15)20-5/h8-9,11,19H,10,12-13H2,1-5H3. The number of hydrogen-bond acceptors (Lipinski definition) is 3. The van der Waals surface area contributed by atoms with Crippen molar-refractivity contribution in [3.8, 4) is 17.6 Å². The second kappa shape index (κ2) is 7.33. The van der Waals surface area contributed by atoms with Crippen molar-refractivity contribution < 1.29 is 9.84 Å². The Labute approximate surface area is 122 Å². The largest absolute Gasteiger partial charge is 0.496 e. The highest BCUT2D eigenvalue weighted by Gasteiger charge is 2.15. The van der Waals surface area contributed by atoms with E-state index in [1.165, 1.54) is 0 Å². The van der Waals surface area contributed by atoms with Gasteiger partial charge in [0.15, 0.2) is 0 Å². The van der Waals surface area contributed by atoms with Gasteiger partial charge in [-0.25, -0.2) is 0 Å². The van der Waals surface area contributed by atoms with Gasteiger partial charge in [-0.3, -0.25) is 0 Å². The van der Waals surface area contributed by atoms with Crippen molar-refractivity contribution in [2.24, 2.45) is 5.41 Å². The fourth-order valence-electron chi connectivity index (χ4n) is 2.28. The van der Waals surface area contributed by atoms with Gasteiger partial charge >= 0.3 is 0 Å². The van der Waals surface area contributed by atoms with E-state index >= 15 is 0 Å². The van der Waals surface area contributed by atoms with Crippen molar-refractivity contribution in [2.45, 2.75) is 27.3 Å². The topological polar surface area (TPSA) is 32.7 Å². The number of hydrogen-bond donors (Lipinski definition) is 1. The summed E-state index contributed by atoms with van der Waals surface area (Å²) in [7, 11) is 3.79. The van der Waals surface area contributed by atoms with Gasteiger partial charge in [0, 0.05) is 24.2 Å². The van der Waals surface area contributed by atoms with Gasteiger partial charge in [0.2, 0.25) is 0 Å². The van der Waals surface area contributed by atoms with Crippen LogP contribution in [0.15, 0.2) is 18.2 Å². The van der Waals surface area contributed by atoms with Crippen LogP contribution in [0.4, 0.5) is 0 Å². The summed E-state index contributed by atoms with van der Waals surface area (Å²) in [5.41, 5.74) is 2.28. The predicted molar refractivity (Wildman–Crippen MR) is 82.7 cm³/mol. The fraction of sp³-hybridized carbons (Fsp3) is 0.529. The van der Waals surface area contributed by atoms with E-state index in [9.17, 15) is 0 Å². The van der Waals surface area contributed by atoms with Crippen LogP contribution in [0.3, 0.4) is 0 Å². The molecule has 1 aromatic carbocycles. The molecule has 0 fully saturated rings. The molecule has 0 saturated heterocycles. The first kappa shape index (κ1) is 16.6. The number of benzene rings is 1. The van der Waals surface area contributed by atoms with Crippen LogP contribution >= 0.6 is 0 Å². The van der Waals surface area contributed by atoms with Gasteiger partial charge in [0.1, 0.15) is 12.4 Å². The zero-order chi connectivity index (χ0) is 15.2. The SMILES string of the molecule is COc1ccc(C#CCO)cc1CN(C)CC(C)(C)C. The maximum atomic E-state index is 8.76. The number of aliphatic hydroxyl groups excluding tert-OH is 1. The van der Waals surface area contributed by atoms with Crippen LogP contribution in [0.2, 0.25) is 0 Å². The number of nitrogens with zero attached hydrogens (tertiary/aromatic N) is 1. The van der Waals surface area contributed by atoms with Crippen LogP contribution in [0.1, 0.15) is 31.9 Å². The van der Waals surface area contributed by atoms with Crippen LogP contribution in [0, 0.1) is 17.3 Å². The lowest BCUT2D eigenvalue weighted by molar-refractivity contribution is 0.218. The molecular weight excluding hydrogens is 250 g/mol. The highest BCUT2D eigenvalue weighted by molar-refractivity contribution is 5.44. The van der Waals surface area contributed by atoms with Gasteiger partial charge < -0.3 is 14.7 Å². The van der Waals surface area contributed by atoms with Crippen molar-refractivity contribution in [1.82, 2.24) is 4.90 Å². The predicted octanol–water partition coefficient (Wildman–Crippen LogP) is 2.52. The lowest BCUT2D eigenvalue weighted by atomic mass is 9.96. The van der Waals surface area contributed by atoms with Gasteiger partial charge in [-0.05, 0) is 30.7 Å². The zero-order valence-corrected chi connectivity index (χ0v) is 13.2. The highest BCUT2D eigenvalue weighted by Crippen LogP contribution is 2.23. The Balaban J connectivity index is 2.91. The first-order valence-electron chi connectivity index (χ1n) is 6.81. The van der Waals surface area contributed by atoms with Gasteiger partial charge in [-0.1, -0.05) is 32.6 Å². The fourth-order valence-corrected chi connectivity index (χ4v) is 2.28. The molecule has 0 atom stereocenters. The summed E-state index contributed by atoms with van der Waals surface area (Å²) in [6, 6.07) is 5.87. The van der Waals surface area contributed by atoms with E-state index in [-0.39, 0.29) is 12.0 Å². The quantitative estimate of drug-likeness (QED) is 0.857. The van der Waals surface area contributed by atoms with E-state index in [2.05, 4.69) is 44.6 Å². The summed E-state index contributed by atoms with van der Waals surface area (Å²) in [6.07, 6.45) is 0. The lowest BCUT2D eigenvalue weighted by Crippen LogP contribution is -2.29. The minimum Gasteiger partial charge on any atom is -0.496 e. The molecule has 0 aromatic heterocycles. The first-order valence-corrected chi connectivity index (χ1v) is 6.81. The van der Waals surface area contributed by atoms with Gasteiger partial charge in [-0.15, -0.1) is 0 Å². The Morgan fingerprint density at radius 3 is 2.55 bits per heavy atom. The average molecular weight is 275 g/mol. The van der Waals surface area contributed by atoms with Crippen LogP contribution in [0.25, 0.3) is 0 Å². The molecule has 0 amide bonds. The minimum absolute atomic E-state index is 0.120. The summed E-state index contributed by atoms with van der Waals surface area (Å²) < 4.78 is 5.41. The third-order valence-electron chi connectivity index (χ3n) is 2.78. The van der Waals surface area contributed by atoms with Crippen LogP contribution < -0.4 is 4.74 Å². The Morgan fingerprint density at radius 1 is 1.30 bits per heavy atom. The number of aliphatic hydroxyl groups is 1. The van der Waals surface area contributed by atoms with Crippen molar-refractivity contribution in [3.63, 3.8) is 0 Å². The van der Waals surface area contributed by atoms with E-state index < -0.39 is 0 Å². The summed E-state index contributed by atoms with van der Waals surface area (Å²) >= 11 is 0. The number of ether oxygens (including phenoxy) is 1. The maximum absolute atomic E-state index is 8.76. The molecule has 1 aromatic rings. The van der Waals surface area contributed by atoms with Crippen molar-refractivity contribution in [2.75, 3.05) is 27.3 Å². The second-order valence-electron chi connectivity index (χ2n) is 6.22. The van der Waals surface area contributed by atoms with Crippen LogP contribution in [-0.4, -0.2) is 37.3 Å². The average Bonchev–Trinajstić information content (AvgIpc) is 2.34. The minimum atomic E-state index is -0.120. The molecule has 3 nitrogen and oxygen atoms in total. The van der Waals surface area contributed by atoms with Crippen molar-refractivity contribution in [3.05, 3.63) is 29.3 Å². The summed E-state index contributed by atoms with van der Waals surface area (Å²) in [5.74, 6) is 6.48. The van der Waals surface area contributed by atoms with E-state index in [4.69, 9.17) is 9.84 Å². The molecule has 3 heteroatoms. The summed E-state index contributed by atoms with van der Waals surface area (Å²) in [4.78, 5) is 2.28. The molecule has 0 aliphatic carbocycles. The van der Waals surface area contributed by atoms with E-state index in [0.717, 1.165) is 30.0 Å². The molecule has 1 rings (SSSR count). The molecule has 0 bridgehead atoms. The second-order valence-corrected chi connectivity index (χ2v) is 6.22. The van der Waals surface area contributed by atoms with E-state index in [0.29, 0.717) is 0 Å². The third kappa shape index (κ3) is 5.64. The number of rotatable bonds is 4. The highest BCUT2D eigenvalue weighted by atomic mass is 16.5. The molecule has 0 aliphatic heterocycles. The van der Waals surface area contributed by atoms with E-state index in [1.807, 2.05) is 18.2 Å². The molecule has 0 heterocycles. The monoisotopic (exact) mass is 275 g/mol. The first-order chi connectivity index (χ1) is 9.35. The Bertz CT molecular complexity index is 492. The van der Waals surface area contributed by atoms with E-state index in [1.54, 1.807) is 7.11 Å². The van der Waals surface area contributed by atoms with Crippen LogP contribution in [0.5, 0.6) is 5.75 Å². The van der Waals surface area contributed by atoms with Crippen molar-refractivity contribution >= 4 is 0 Å². The molecule has 0 radical (unpaired) electrons. The number of methoxy groups -OCH3 is 1. The van der Waals surface area contributed by atoms with Gasteiger partial charge in [0.25, 0.3) is 0 Å². The Kier molecular flexibility index (Phi) is 6.06. The maximum Gasteiger partial charge on any atom is 0.123 e. The molecule has 110 valence electrons. The normalized spacial score (nSPS) is 11.2. The third-order valence-corrected chi connectivity index (χ3v) is 2.78. The van der Waals surface area contributed by atoms with Gasteiger partial charge in [-0.2, -0.15) is 0 Å². The molecule has 0 spiro atoms. The molecule has 20 heavy (non-hydrogen) atoms. The Hall–Kier alpha value is -1.50. The smallest absolute Gasteiger partial charge is 0.123 e. The van der Waals surface area contributed by atoms with Crippen molar-refractivity contribution in [1.29, 1.82) is 0 Å². The molecule has 0 aliphatic rings. The molecule has 0 unspecified atom stereocenters. The summed E-state index contributed by atoms with van der Waals surface area (Å²) in [5, 5.41) is 8.76. The molecular formula is C17H25NO2. The zero-order valence-electron chi connectivity index (χ0n) is 13.2. The Morgan fingerprint density at radius 2 is 2.00 bits per heavy atom.